The zero-order valence-electron chi connectivity index (χ0n) is 14.1. The third kappa shape index (κ3) is 4.79. The van der Waals surface area contributed by atoms with Crippen molar-refractivity contribution in [2.24, 2.45) is 0 Å². The molecule has 1 aromatic carbocycles. The molecule has 1 aliphatic rings. The van der Waals surface area contributed by atoms with Crippen LogP contribution in [0, 0.1) is 0 Å². The minimum atomic E-state index is -3.49. The van der Waals surface area contributed by atoms with Crippen molar-refractivity contribution in [3.8, 4) is 0 Å². The summed E-state index contributed by atoms with van der Waals surface area (Å²) in [6, 6.07) is 10.4. The number of carbonyl (C=O) groups is 1. The number of hydrogen-bond acceptors (Lipinski definition) is 5. The number of carbonyl (C=O) groups excluding carboxylic acids is 1. The zero-order valence-corrected chi connectivity index (χ0v) is 15.8. The summed E-state index contributed by atoms with van der Waals surface area (Å²) in [4.78, 5) is 13.1. The average molecular weight is 393 g/mol. The van der Waals surface area contributed by atoms with E-state index in [9.17, 15) is 13.2 Å². The third-order valence-corrected chi connectivity index (χ3v) is 6.69. The van der Waals surface area contributed by atoms with Crippen LogP contribution >= 0.6 is 11.3 Å². The quantitative estimate of drug-likeness (QED) is 0.764. The predicted octanol–water partition coefficient (Wildman–Crippen LogP) is 2.10. The second-order valence-corrected chi connectivity index (χ2v) is 8.64. The van der Waals surface area contributed by atoms with E-state index in [0.29, 0.717) is 32.8 Å². The molecule has 1 fully saturated rings. The lowest BCUT2D eigenvalue weighted by Crippen LogP contribution is -2.40. The van der Waals surface area contributed by atoms with Crippen molar-refractivity contribution in [2.75, 3.05) is 26.3 Å². The molecule has 138 valence electrons. The first-order valence-electron chi connectivity index (χ1n) is 8.22. The number of benzene rings is 1. The first-order chi connectivity index (χ1) is 12.6. The van der Waals surface area contributed by atoms with E-state index in [1.807, 2.05) is 17.5 Å². The maximum absolute atomic E-state index is 12.6. The first kappa shape index (κ1) is 18.8. The van der Waals surface area contributed by atoms with Crippen molar-refractivity contribution < 1.29 is 17.9 Å². The molecule has 2 aromatic rings. The van der Waals surface area contributed by atoms with E-state index in [4.69, 9.17) is 4.74 Å². The van der Waals surface area contributed by atoms with Crippen LogP contribution in [0.5, 0.6) is 0 Å². The topological polar surface area (TPSA) is 75.7 Å². The monoisotopic (exact) mass is 392 g/mol. The van der Waals surface area contributed by atoms with Crippen LogP contribution in [-0.4, -0.2) is 44.9 Å². The second kappa shape index (κ2) is 8.59. The Morgan fingerprint density at radius 1 is 1.19 bits per heavy atom. The highest BCUT2D eigenvalue weighted by molar-refractivity contribution is 7.89. The van der Waals surface area contributed by atoms with Gasteiger partial charge in [-0.25, -0.2) is 8.42 Å². The van der Waals surface area contributed by atoms with Crippen molar-refractivity contribution in [1.29, 1.82) is 0 Å². The van der Waals surface area contributed by atoms with Crippen molar-refractivity contribution in [1.82, 2.24) is 9.62 Å². The normalized spacial score (nSPS) is 16.0. The molecular formula is C18H20N2O4S2. The Balaban J connectivity index is 1.56. The Morgan fingerprint density at radius 3 is 2.58 bits per heavy atom. The van der Waals surface area contributed by atoms with Gasteiger partial charge in [0.1, 0.15) is 0 Å². The molecule has 1 aliphatic heterocycles. The molecule has 3 rings (SSSR count). The first-order valence-corrected chi connectivity index (χ1v) is 10.5. The minimum absolute atomic E-state index is 0.191. The number of ether oxygens (including phenoxy) is 1. The molecule has 0 aliphatic carbocycles. The Bertz CT molecular complexity index is 853. The number of hydrogen-bond donors (Lipinski definition) is 1. The number of morpholine rings is 1. The van der Waals surface area contributed by atoms with E-state index >= 15 is 0 Å². The summed E-state index contributed by atoms with van der Waals surface area (Å²) in [5, 5.41) is 4.73. The maximum Gasteiger partial charge on any atom is 0.244 e. The van der Waals surface area contributed by atoms with Crippen molar-refractivity contribution in [3.63, 3.8) is 0 Å². The van der Waals surface area contributed by atoms with Gasteiger partial charge in [0.05, 0.1) is 18.1 Å². The number of amides is 1. The molecule has 6 nitrogen and oxygen atoms in total. The SMILES string of the molecule is O=C(/C=C/c1cccs1)NCc1ccc(S(=O)(=O)N2CCOCC2)cc1. The number of rotatable bonds is 6. The van der Waals surface area contributed by atoms with Crippen molar-refractivity contribution in [2.45, 2.75) is 11.4 Å². The Hall–Kier alpha value is -2.00. The van der Waals surface area contributed by atoms with Gasteiger partial charge >= 0.3 is 0 Å². The molecule has 1 aromatic heterocycles. The molecule has 0 spiro atoms. The fourth-order valence-electron chi connectivity index (χ4n) is 2.51. The molecule has 0 bridgehead atoms. The van der Waals surface area contributed by atoms with Crippen LogP contribution < -0.4 is 5.32 Å². The fraction of sp³-hybridized carbons (Fsp3) is 0.278. The van der Waals surface area contributed by atoms with E-state index in [-0.39, 0.29) is 10.8 Å². The average Bonchev–Trinajstić information content (AvgIpc) is 3.19. The van der Waals surface area contributed by atoms with Gasteiger partial charge in [-0.2, -0.15) is 4.31 Å². The molecule has 2 heterocycles. The van der Waals surface area contributed by atoms with Crippen LogP contribution in [0.3, 0.4) is 0 Å². The molecule has 1 N–H and O–H groups in total. The van der Waals surface area contributed by atoms with E-state index in [1.165, 1.54) is 10.4 Å². The maximum atomic E-state index is 12.6. The summed E-state index contributed by atoms with van der Waals surface area (Å²) >= 11 is 1.56. The summed E-state index contributed by atoms with van der Waals surface area (Å²) in [5.41, 5.74) is 0.837. The largest absolute Gasteiger partial charge is 0.379 e. The van der Waals surface area contributed by atoms with Crippen LogP contribution in [0.1, 0.15) is 10.4 Å². The van der Waals surface area contributed by atoms with Crippen molar-refractivity contribution in [3.05, 3.63) is 58.3 Å². The summed E-state index contributed by atoms with van der Waals surface area (Å²) in [7, 11) is -3.49. The van der Waals surface area contributed by atoms with Gasteiger partial charge in [-0.05, 0) is 35.2 Å². The van der Waals surface area contributed by atoms with Gasteiger partial charge in [-0.3, -0.25) is 4.79 Å². The van der Waals surface area contributed by atoms with Gasteiger partial charge in [-0.1, -0.05) is 18.2 Å². The molecule has 8 heteroatoms. The highest BCUT2D eigenvalue weighted by Gasteiger charge is 2.25. The molecule has 0 saturated carbocycles. The molecule has 0 unspecified atom stereocenters. The lowest BCUT2D eigenvalue weighted by molar-refractivity contribution is -0.116. The molecule has 1 saturated heterocycles. The lowest BCUT2D eigenvalue weighted by Gasteiger charge is -2.26. The van der Waals surface area contributed by atoms with Crippen LogP contribution in [0.4, 0.5) is 0 Å². The highest BCUT2D eigenvalue weighted by Crippen LogP contribution is 2.17. The molecule has 0 radical (unpaired) electrons. The Labute approximate surface area is 157 Å². The van der Waals surface area contributed by atoms with Gasteiger partial charge in [0.15, 0.2) is 0 Å². The minimum Gasteiger partial charge on any atom is -0.379 e. The van der Waals surface area contributed by atoms with Gasteiger partial charge in [-0.15, -0.1) is 11.3 Å². The van der Waals surface area contributed by atoms with Gasteiger partial charge in [0.25, 0.3) is 0 Å². The number of nitrogens with one attached hydrogen (secondary N) is 1. The Morgan fingerprint density at radius 2 is 1.92 bits per heavy atom. The second-order valence-electron chi connectivity index (χ2n) is 5.73. The zero-order chi connectivity index (χ0) is 18.4. The number of sulfonamides is 1. The highest BCUT2D eigenvalue weighted by atomic mass is 32.2. The van der Waals surface area contributed by atoms with E-state index < -0.39 is 10.0 Å². The van der Waals surface area contributed by atoms with Crippen LogP contribution in [-0.2, 0) is 26.1 Å². The van der Waals surface area contributed by atoms with Gasteiger partial charge < -0.3 is 10.1 Å². The smallest absolute Gasteiger partial charge is 0.244 e. The fourth-order valence-corrected chi connectivity index (χ4v) is 4.53. The van der Waals surface area contributed by atoms with Crippen LogP contribution in [0.25, 0.3) is 6.08 Å². The van der Waals surface area contributed by atoms with Gasteiger partial charge in [0, 0.05) is 30.6 Å². The Kier molecular flexibility index (Phi) is 6.20. The molecule has 1 amide bonds. The summed E-state index contributed by atoms with van der Waals surface area (Å²) in [5.74, 6) is -0.191. The molecule has 0 atom stereocenters. The van der Waals surface area contributed by atoms with Crippen molar-refractivity contribution >= 4 is 33.3 Å². The molecule has 26 heavy (non-hydrogen) atoms. The van der Waals surface area contributed by atoms with Gasteiger partial charge in [0.2, 0.25) is 15.9 Å². The third-order valence-electron chi connectivity index (χ3n) is 3.94. The predicted molar refractivity (Wildman–Crippen MR) is 101 cm³/mol. The lowest BCUT2D eigenvalue weighted by atomic mass is 10.2. The van der Waals surface area contributed by atoms with Crippen LogP contribution in [0.2, 0.25) is 0 Å². The van der Waals surface area contributed by atoms with E-state index in [0.717, 1.165) is 10.4 Å². The number of thiophene rings is 1. The summed E-state index contributed by atoms with van der Waals surface area (Å²) in [6.45, 7) is 1.92. The molecular weight excluding hydrogens is 372 g/mol. The summed E-state index contributed by atoms with van der Waals surface area (Å²) < 4.78 is 31.7. The summed E-state index contributed by atoms with van der Waals surface area (Å²) in [6.07, 6.45) is 3.25. The standard InChI is InChI=1S/C18H20N2O4S2/c21-18(8-5-16-2-1-13-25-16)19-14-15-3-6-17(7-4-15)26(22,23)20-9-11-24-12-10-20/h1-8,13H,9-12,14H2,(H,19,21)/b8-5+. The number of nitrogens with zero attached hydrogens (tertiary/aromatic N) is 1. The van der Waals surface area contributed by atoms with E-state index in [2.05, 4.69) is 5.32 Å². The van der Waals surface area contributed by atoms with Crippen LogP contribution in [0.15, 0.2) is 52.7 Å². The van der Waals surface area contributed by atoms with E-state index in [1.54, 1.807) is 41.7 Å².